The van der Waals surface area contributed by atoms with Gasteiger partial charge in [-0.05, 0) is 0 Å². The molecule has 0 aromatic heterocycles. The largest absolute Gasteiger partial charge is 0.301 e. The molecule has 6 nitrogen and oxygen atoms in total. The maximum absolute atomic E-state index is 11.0. The number of carbonyl (C=O) groups is 3. The SMILES string of the molecule is O=C[C@H](CS)N(O)C1=CC(=O)NC1=O. The molecule has 7 heteroatoms. The zero-order chi connectivity index (χ0) is 10.7. The van der Waals surface area contributed by atoms with E-state index in [0.29, 0.717) is 11.3 Å². The summed E-state index contributed by atoms with van der Waals surface area (Å²) >= 11 is 3.80. The maximum Gasteiger partial charge on any atom is 0.276 e. The fourth-order valence-corrected chi connectivity index (χ4v) is 1.17. The van der Waals surface area contributed by atoms with Crippen molar-refractivity contribution in [3.05, 3.63) is 11.8 Å². The van der Waals surface area contributed by atoms with Crippen molar-refractivity contribution < 1.29 is 19.6 Å². The first-order chi connectivity index (χ1) is 6.60. The van der Waals surface area contributed by atoms with E-state index in [2.05, 4.69) is 12.6 Å². The van der Waals surface area contributed by atoms with Crippen LogP contribution in [0, 0.1) is 0 Å². The minimum atomic E-state index is -0.943. The van der Waals surface area contributed by atoms with Crippen LogP contribution >= 0.6 is 12.6 Å². The summed E-state index contributed by atoms with van der Waals surface area (Å²) in [6.45, 7) is 0. The Morgan fingerprint density at radius 2 is 2.29 bits per heavy atom. The van der Waals surface area contributed by atoms with Crippen LogP contribution in [-0.2, 0) is 14.4 Å². The molecule has 0 saturated carbocycles. The summed E-state index contributed by atoms with van der Waals surface area (Å²) in [5, 5.41) is 11.7. The van der Waals surface area contributed by atoms with Crippen molar-refractivity contribution in [2.24, 2.45) is 0 Å². The minimum absolute atomic E-state index is 0.0405. The Kier molecular flexibility index (Phi) is 3.26. The smallest absolute Gasteiger partial charge is 0.276 e. The van der Waals surface area contributed by atoms with Gasteiger partial charge in [-0.1, -0.05) is 0 Å². The van der Waals surface area contributed by atoms with Crippen LogP contribution in [0.25, 0.3) is 0 Å². The molecule has 0 aromatic rings. The van der Waals surface area contributed by atoms with E-state index in [0.717, 1.165) is 6.08 Å². The van der Waals surface area contributed by atoms with Gasteiger partial charge in [-0.25, -0.2) is 5.06 Å². The first kappa shape index (κ1) is 10.7. The number of aldehydes is 1. The zero-order valence-corrected chi connectivity index (χ0v) is 7.90. The number of amides is 2. The van der Waals surface area contributed by atoms with E-state index in [1.54, 1.807) is 0 Å². The highest BCUT2D eigenvalue weighted by molar-refractivity contribution is 7.80. The first-order valence-corrected chi connectivity index (χ1v) is 4.34. The summed E-state index contributed by atoms with van der Waals surface area (Å²) in [6.07, 6.45) is 1.35. The van der Waals surface area contributed by atoms with Gasteiger partial charge in [0.15, 0.2) is 0 Å². The van der Waals surface area contributed by atoms with Crippen LogP contribution in [0.5, 0.6) is 0 Å². The Balaban J connectivity index is 2.83. The molecule has 1 aliphatic rings. The molecule has 14 heavy (non-hydrogen) atoms. The van der Waals surface area contributed by atoms with Gasteiger partial charge in [-0.2, -0.15) is 12.6 Å². The number of hydrogen-bond acceptors (Lipinski definition) is 6. The molecule has 0 radical (unpaired) electrons. The molecule has 1 atom stereocenters. The third-order valence-electron chi connectivity index (χ3n) is 1.64. The molecule has 0 saturated heterocycles. The van der Waals surface area contributed by atoms with Crippen molar-refractivity contribution in [2.45, 2.75) is 6.04 Å². The van der Waals surface area contributed by atoms with E-state index in [1.807, 2.05) is 5.32 Å². The molecule has 1 rings (SSSR count). The summed E-state index contributed by atoms with van der Waals surface area (Å²) in [5.74, 6) is -1.31. The quantitative estimate of drug-likeness (QED) is 0.236. The number of thiol groups is 1. The third-order valence-corrected chi connectivity index (χ3v) is 2.02. The second-order valence-electron chi connectivity index (χ2n) is 2.58. The summed E-state index contributed by atoms with van der Waals surface area (Å²) in [5.41, 5.74) is -0.249. The van der Waals surface area contributed by atoms with Crippen molar-refractivity contribution in [2.75, 3.05) is 5.75 Å². The normalized spacial score (nSPS) is 17.4. The maximum atomic E-state index is 11.0. The topological polar surface area (TPSA) is 86.7 Å². The standard InChI is InChI=1S/C7H8N2O4S/c10-2-4(3-14)9(13)5-1-6(11)8-7(5)12/h1-2,4,13-14H,3H2,(H,8,11,12)/t4-/m1/s1. The molecular weight excluding hydrogens is 208 g/mol. The summed E-state index contributed by atoms with van der Waals surface area (Å²) in [7, 11) is 0. The first-order valence-electron chi connectivity index (χ1n) is 3.71. The van der Waals surface area contributed by atoms with Crippen LogP contribution in [0.15, 0.2) is 11.8 Å². The highest BCUT2D eigenvalue weighted by atomic mass is 32.1. The molecule has 0 aromatic carbocycles. The van der Waals surface area contributed by atoms with E-state index >= 15 is 0 Å². The van der Waals surface area contributed by atoms with Crippen molar-refractivity contribution >= 4 is 30.7 Å². The highest BCUT2D eigenvalue weighted by Gasteiger charge is 2.29. The number of imide groups is 1. The number of hydroxylamine groups is 2. The Labute approximate surface area is 84.9 Å². The Bertz CT molecular complexity index is 315. The molecule has 1 aliphatic heterocycles. The molecule has 1 heterocycles. The van der Waals surface area contributed by atoms with E-state index in [4.69, 9.17) is 0 Å². The van der Waals surface area contributed by atoms with E-state index < -0.39 is 17.9 Å². The molecule has 0 bridgehead atoms. The van der Waals surface area contributed by atoms with Gasteiger partial charge in [0.1, 0.15) is 18.0 Å². The third kappa shape index (κ3) is 1.94. The van der Waals surface area contributed by atoms with Crippen LogP contribution in [0.1, 0.15) is 0 Å². The van der Waals surface area contributed by atoms with Gasteiger partial charge in [0, 0.05) is 11.8 Å². The van der Waals surface area contributed by atoms with Crippen LogP contribution in [0.4, 0.5) is 0 Å². The van der Waals surface area contributed by atoms with Gasteiger partial charge in [0.05, 0.1) is 0 Å². The van der Waals surface area contributed by atoms with Crippen LogP contribution in [0.3, 0.4) is 0 Å². The van der Waals surface area contributed by atoms with Crippen LogP contribution < -0.4 is 5.32 Å². The Morgan fingerprint density at radius 1 is 1.64 bits per heavy atom. The van der Waals surface area contributed by atoms with E-state index in [1.165, 1.54) is 0 Å². The predicted molar refractivity (Wildman–Crippen MR) is 48.6 cm³/mol. The predicted octanol–water partition coefficient (Wildman–Crippen LogP) is -1.28. The average molecular weight is 216 g/mol. The number of rotatable bonds is 4. The Hall–Kier alpha value is -1.34. The lowest BCUT2D eigenvalue weighted by Crippen LogP contribution is -2.38. The fraction of sp³-hybridized carbons (Fsp3) is 0.286. The number of nitrogens with zero attached hydrogens (tertiary/aromatic N) is 1. The van der Waals surface area contributed by atoms with Gasteiger partial charge in [-0.3, -0.25) is 20.1 Å². The monoisotopic (exact) mass is 216 g/mol. The molecular formula is C7H8N2O4S. The van der Waals surface area contributed by atoms with Gasteiger partial charge in [0.25, 0.3) is 11.8 Å². The van der Waals surface area contributed by atoms with E-state index in [9.17, 15) is 19.6 Å². The summed E-state index contributed by atoms with van der Waals surface area (Å²) in [4.78, 5) is 32.2. The average Bonchev–Trinajstić information content (AvgIpc) is 2.47. The molecule has 0 unspecified atom stereocenters. The molecule has 2 N–H and O–H groups in total. The van der Waals surface area contributed by atoms with Crippen molar-refractivity contribution in [1.29, 1.82) is 0 Å². The minimum Gasteiger partial charge on any atom is -0.301 e. The van der Waals surface area contributed by atoms with E-state index in [-0.39, 0.29) is 11.4 Å². The molecule has 0 aliphatic carbocycles. The van der Waals surface area contributed by atoms with Gasteiger partial charge in [0.2, 0.25) is 0 Å². The molecule has 2 amide bonds. The number of hydrogen-bond donors (Lipinski definition) is 3. The lowest BCUT2D eigenvalue weighted by atomic mass is 10.3. The highest BCUT2D eigenvalue weighted by Crippen LogP contribution is 2.10. The van der Waals surface area contributed by atoms with Crippen molar-refractivity contribution in [3.8, 4) is 0 Å². The van der Waals surface area contributed by atoms with Crippen LogP contribution in [-0.4, -0.2) is 40.2 Å². The summed E-state index contributed by atoms with van der Waals surface area (Å²) in [6, 6.07) is -0.943. The lowest BCUT2D eigenvalue weighted by molar-refractivity contribution is -0.136. The molecule has 0 spiro atoms. The zero-order valence-electron chi connectivity index (χ0n) is 7.01. The summed E-state index contributed by atoms with van der Waals surface area (Å²) < 4.78 is 0. The second kappa shape index (κ2) is 4.25. The molecule has 0 fully saturated rings. The second-order valence-corrected chi connectivity index (χ2v) is 2.94. The van der Waals surface area contributed by atoms with Gasteiger partial charge < -0.3 is 4.79 Å². The number of carbonyl (C=O) groups excluding carboxylic acids is 3. The molecule has 76 valence electrons. The lowest BCUT2D eigenvalue weighted by Gasteiger charge is -2.20. The van der Waals surface area contributed by atoms with Gasteiger partial charge in [-0.15, -0.1) is 0 Å². The van der Waals surface area contributed by atoms with Crippen LogP contribution in [0.2, 0.25) is 0 Å². The van der Waals surface area contributed by atoms with Gasteiger partial charge >= 0.3 is 0 Å². The van der Waals surface area contributed by atoms with Crippen molar-refractivity contribution in [1.82, 2.24) is 10.4 Å². The Morgan fingerprint density at radius 3 is 2.64 bits per heavy atom. The van der Waals surface area contributed by atoms with Crippen molar-refractivity contribution in [3.63, 3.8) is 0 Å². The number of nitrogens with one attached hydrogen (secondary N) is 1. The fourth-order valence-electron chi connectivity index (χ4n) is 0.929.